The molecule has 4 N–H and O–H groups in total. The molecule has 0 spiro atoms. The van der Waals surface area contributed by atoms with Gasteiger partial charge in [0.05, 0.1) is 52.9 Å². The summed E-state index contributed by atoms with van der Waals surface area (Å²) in [5.74, 6) is 0. The molecule has 0 aromatic heterocycles. The van der Waals surface area contributed by atoms with Gasteiger partial charge < -0.3 is 35.2 Å². The summed E-state index contributed by atoms with van der Waals surface area (Å²) in [5.41, 5.74) is 10.6. The first kappa shape index (κ1) is 18.7. The first-order valence-corrected chi connectivity index (χ1v) is 6.59. The van der Waals surface area contributed by atoms with Gasteiger partial charge in [0.1, 0.15) is 6.10 Å². The molecular formula is C12H28N2O5. The van der Waals surface area contributed by atoms with E-state index < -0.39 is 0 Å². The third-order valence-corrected chi connectivity index (χ3v) is 2.21. The molecule has 0 heterocycles. The zero-order valence-electron chi connectivity index (χ0n) is 11.8. The van der Waals surface area contributed by atoms with Crippen molar-refractivity contribution in [1.29, 1.82) is 0 Å². The maximum Gasteiger partial charge on any atom is 0.104 e. The number of ether oxygens (including phenoxy) is 5. The lowest BCUT2D eigenvalue weighted by Crippen LogP contribution is -2.26. The van der Waals surface area contributed by atoms with Crippen LogP contribution < -0.4 is 11.5 Å². The minimum Gasteiger partial charge on any atom is -0.378 e. The number of hydrogen-bond acceptors (Lipinski definition) is 7. The number of methoxy groups -OCH3 is 1. The predicted molar refractivity (Wildman–Crippen MR) is 72.2 cm³/mol. The number of rotatable bonds is 15. The van der Waals surface area contributed by atoms with E-state index in [0.717, 1.165) is 0 Å². The van der Waals surface area contributed by atoms with Crippen molar-refractivity contribution >= 4 is 0 Å². The Kier molecular flexibility index (Phi) is 15.5. The lowest BCUT2D eigenvalue weighted by molar-refractivity contribution is -0.0571. The average molecular weight is 280 g/mol. The molecule has 116 valence electrons. The molecule has 0 aliphatic rings. The Morgan fingerprint density at radius 2 is 1.11 bits per heavy atom. The van der Waals surface area contributed by atoms with Crippen molar-refractivity contribution in [3.63, 3.8) is 0 Å². The lowest BCUT2D eigenvalue weighted by Gasteiger charge is -2.16. The Balaban J connectivity index is 3.30. The van der Waals surface area contributed by atoms with Crippen LogP contribution in [-0.4, -0.2) is 79.2 Å². The van der Waals surface area contributed by atoms with E-state index in [1.165, 1.54) is 0 Å². The highest BCUT2D eigenvalue weighted by Gasteiger charge is 2.07. The molecule has 0 aliphatic carbocycles. The maximum absolute atomic E-state index is 5.41. The highest BCUT2D eigenvalue weighted by molar-refractivity contribution is 4.54. The average Bonchev–Trinajstić information content (AvgIpc) is 2.44. The standard InChI is InChI=1S/C12H28N2O5/c1-15-12(10-18-8-6-16-4-2-13)11-19-9-7-17-5-3-14/h12H,2-11,13-14H2,1H3. The van der Waals surface area contributed by atoms with Gasteiger partial charge >= 0.3 is 0 Å². The normalized spacial score (nSPS) is 11.4. The van der Waals surface area contributed by atoms with Crippen molar-refractivity contribution in [1.82, 2.24) is 0 Å². The molecule has 0 bridgehead atoms. The largest absolute Gasteiger partial charge is 0.378 e. The van der Waals surface area contributed by atoms with E-state index in [-0.39, 0.29) is 6.10 Å². The van der Waals surface area contributed by atoms with E-state index in [1.54, 1.807) is 7.11 Å². The fraction of sp³-hybridized carbons (Fsp3) is 1.00. The van der Waals surface area contributed by atoms with E-state index in [4.69, 9.17) is 35.2 Å². The lowest BCUT2D eigenvalue weighted by atomic mass is 10.4. The third-order valence-electron chi connectivity index (χ3n) is 2.21. The quantitative estimate of drug-likeness (QED) is 0.371. The molecule has 0 amide bonds. The van der Waals surface area contributed by atoms with Gasteiger partial charge in [0.2, 0.25) is 0 Å². The Bertz CT molecular complexity index is 158. The molecule has 0 aromatic rings. The minimum absolute atomic E-state index is 0.0796. The summed E-state index contributed by atoms with van der Waals surface area (Å²) in [6.07, 6.45) is -0.0796. The summed E-state index contributed by atoms with van der Waals surface area (Å²) in [6, 6.07) is 0. The summed E-state index contributed by atoms with van der Waals surface area (Å²) in [7, 11) is 1.63. The van der Waals surface area contributed by atoms with Gasteiger partial charge in [0.15, 0.2) is 0 Å². The second kappa shape index (κ2) is 15.8. The Morgan fingerprint density at radius 3 is 1.47 bits per heavy atom. The maximum atomic E-state index is 5.41. The molecule has 0 aliphatic heterocycles. The van der Waals surface area contributed by atoms with Crippen molar-refractivity contribution in [3.8, 4) is 0 Å². The SMILES string of the molecule is COC(COCCOCCN)COCCOCCN. The Morgan fingerprint density at radius 1 is 0.684 bits per heavy atom. The zero-order chi connectivity index (χ0) is 14.2. The molecule has 7 nitrogen and oxygen atoms in total. The van der Waals surface area contributed by atoms with Gasteiger partial charge in [0.25, 0.3) is 0 Å². The second-order valence-electron chi connectivity index (χ2n) is 3.81. The molecule has 19 heavy (non-hydrogen) atoms. The van der Waals surface area contributed by atoms with Crippen LogP contribution in [0.4, 0.5) is 0 Å². The van der Waals surface area contributed by atoms with Crippen LogP contribution in [-0.2, 0) is 23.7 Å². The van der Waals surface area contributed by atoms with Crippen molar-refractivity contribution in [3.05, 3.63) is 0 Å². The number of hydrogen-bond donors (Lipinski definition) is 2. The predicted octanol–water partition coefficient (Wildman–Crippen LogP) is -1.01. The summed E-state index contributed by atoms with van der Waals surface area (Å²) < 4.78 is 26.4. The van der Waals surface area contributed by atoms with E-state index in [1.807, 2.05) is 0 Å². The zero-order valence-corrected chi connectivity index (χ0v) is 11.8. The van der Waals surface area contributed by atoms with Crippen LogP contribution >= 0.6 is 0 Å². The van der Waals surface area contributed by atoms with Gasteiger partial charge in [-0.1, -0.05) is 0 Å². The number of nitrogens with two attached hydrogens (primary N) is 2. The molecule has 0 rings (SSSR count). The molecule has 0 unspecified atom stereocenters. The molecule has 0 fully saturated rings. The fourth-order valence-electron chi connectivity index (χ4n) is 1.22. The van der Waals surface area contributed by atoms with Crippen molar-refractivity contribution < 1.29 is 23.7 Å². The van der Waals surface area contributed by atoms with Crippen LogP contribution in [0.2, 0.25) is 0 Å². The van der Waals surface area contributed by atoms with Crippen LogP contribution in [0.1, 0.15) is 0 Å². The summed E-state index contributed by atoms with van der Waals surface area (Å²) in [6.45, 7) is 5.27. The highest BCUT2D eigenvalue weighted by atomic mass is 16.6. The van der Waals surface area contributed by atoms with Gasteiger partial charge in [-0.05, 0) is 0 Å². The molecular weight excluding hydrogens is 252 g/mol. The Hall–Kier alpha value is -0.280. The first-order chi connectivity index (χ1) is 9.35. The summed E-state index contributed by atoms with van der Waals surface area (Å²) in [4.78, 5) is 0. The van der Waals surface area contributed by atoms with Crippen LogP contribution in [0, 0.1) is 0 Å². The molecule has 7 heteroatoms. The molecule has 0 atom stereocenters. The second-order valence-corrected chi connectivity index (χ2v) is 3.81. The molecule has 0 saturated heterocycles. The van der Waals surface area contributed by atoms with Crippen molar-refractivity contribution in [2.24, 2.45) is 11.5 Å². The van der Waals surface area contributed by atoms with Crippen LogP contribution in [0.5, 0.6) is 0 Å². The van der Waals surface area contributed by atoms with E-state index in [9.17, 15) is 0 Å². The smallest absolute Gasteiger partial charge is 0.104 e. The van der Waals surface area contributed by atoms with E-state index in [0.29, 0.717) is 65.9 Å². The van der Waals surface area contributed by atoms with Crippen LogP contribution in [0.25, 0.3) is 0 Å². The summed E-state index contributed by atoms with van der Waals surface area (Å²) in [5, 5.41) is 0. The van der Waals surface area contributed by atoms with E-state index >= 15 is 0 Å². The fourth-order valence-corrected chi connectivity index (χ4v) is 1.22. The van der Waals surface area contributed by atoms with Gasteiger partial charge in [0, 0.05) is 20.2 Å². The van der Waals surface area contributed by atoms with Crippen LogP contribution in [0.3, 0.4) is 0 Å². The van der Waals surface area contributed by atoms with E-state index in [2.05, 4.69) is 0 Å². The first-order valence-electron chi connectivity index (χ1n) is 6.59. The molecule has 0 aromatic carbocycles. The van der Waals surface area contributed by atoms with Crippen molar-refractivity contribution in [2.45, 2.75) is 6.10 Å². The van der Waals surface area contributed by atoms with Gasteiger partial charge in [-0.3, -0.25) is 0 Å². The van der Waals surface area contributed by atoms with Gasteiger partial charge in [-0.2, -0.15) is 0 Å². The monoisotopic (exact) mass is 280 g/mol. The molecule has 0 radical (unpaired) electrons. The summed E-state index contributed by atoms with van der Waals surface area (Å²) >= 11 is 0. The van der Waals surface area contributed by atoms with Crippen molar-refractivity contribution in [2.75, 3.05) is 73.1 Å². The third kappa shape index (κ3) is 13.9. The Labute approximate surface area is 115 Å². The van der Waals surface area contributed by atoms with Crippen LogP contribution in [0.15, 0.2) is 0 Å². The molecule has 0 saturated carbocycles. The highest BCUT2D eigenvalue weighted by Crippen LogP contribution is 1.94. The topological polar surface area (TPSA) is 98.2 Å². The minimum atomic E-state index is -0.0796. The van der Waals surface area contributed by atoms with Gasteiger partial charge in [-0.15, -0.1) is 0 Å². The van der Waals surface area contributed by atoms with Gasteiger partial charge in [-0.25, -0.2) is 0 Å².